The van der Waals surface area contributed by atoms with Crippen LogP contribution in [0.1, 0.15) is 44.0 Å². The number of ether oxygens (including phenoxy) is 2. The molecule has 0 bridgehead atoms. The molecular weight excluding hydrogens is 312 g/mol. The highest BCUT2D eigenvalue weighted by molar-refractivity contribution is 7.99. The van der Waals surface area contributed by atoms with Crippen molar-refractivity contribution in [3.05, 3.63) is 29.8 Å². The van der Waals surface area contributed by atoms with Crippen molar-refractivity contribution in [1.82, 2.24) is 0 Å². The summed E-state index contributed by atoms with van der Waals surface area (Å²) in [5.74, 6) is 0.291. The number of carbonyl (C=O) groups excluding carboxylic acids is 2. The van der Waals surface area contributed by atoms with E-state index in [1.165, 1.54) is 0 Å². The van der Waals surface area contributed by atoms with Gasteiger partial charge in [-0.1, -0.05) is 32.9 Å². The van der Waals surface area contributed by atoms with E-state index < -0.39 is 11.4 Å². The van der Waals surface area contributed by atoms with Gasteiger partial charge in [-0.2, -0.15) is 0 Å². The van der Waals surface area contributed by atoms with Gasteiger partial charge in [0.1, 0.15) is 0 Å². The van der Waals surface area contributed by atoms with Crippen LogP contribution >= 0.6 is 11.8 Å². The average Bonchev–Trinajstić information content (AvgIpc) is 3.03. The Kier molecular flexibility index (Phi) is 6.25. The van der Waals surface area contributed by atoms with Crippen molar-refractivity contribution in [3.8, 4) is 0 Å². The number of hydrogen-bond donors (Lipinski definition) is 0. The van der Waals surface area contributed by atoms with E-state index in [4.69, 9.17) is 9.47 Å². The molecule has 0 aliphatic carbocycles. The lowest BCUT2D eigenvalue weighted by Gasteiger charge is -2.16. The SMILES string of the molecule is CC(C)(C)C(=O)COC(=O)c1ccccc1SC[C@@H]1CCCO1. The first kappa shape index (κ1) is 18.0. The number of Topliss-reactive ketones (excluding diaryl/α,β-unsaturated/α-hetero) is 1. The van der Waals surface area contributed by atoms with Gasteiger partial charge in [-0.05, 0) is 25.0 Å². The molecule has 0 aromatic heterocycles. The van der Waals surface area contributed by atoms with Crippen LogP contribution < -0.4 is 0 Å². The van der Waals surface area contributed by atoms with Gasteiger partial charge < -0.3 is 9.47 Å². The number of esters is 1. The summed E-state index contributed by atoms with van der Waals surface area (Å²) in [6.45, 7) is 6.08. The molecule has 1 heterocycles. The van der Waals surface area contributed by atoms with Crippen molar-refractivity contribution < 1.29 is 19.1 Å². The average molecular weight is 336 g/mol. The van der Waals surface area contributed by atoms with Crippen LogP contribution in [0.15, 0.2) is 29.2 Å². The maximum atomic E-state index is 12.3. The van der Waals surface area contributed by atoms with Gasteiger partial charge >= 0.3 is 5.97 Å². The Balaban J connectivity index is 1.95. The number of rotatable bonds is 6. The summed E-state index contributed by atoms with van der Waals surface area (Å²) in [6.07, 6.45) is 2.43. The van der Waals surface area contributed by atoms with Crippen LogP contribution in [0.2, 0.25) is 0 Å². The predicted molar refractivity (Wildman–Crippen MR) is 90.9 cm³/mol. The molecule has 4 nitrogen and oxygen atoms in total. The van der Waals surface area contributed by atoms with E-state index in [0.29, 0.717) is 5.56 Å². The van der Waals surface area contributed by atoms with Crippen molar-refractivity contribution in [2.75, 3.05) is 19.0 Å². The molecule has 1 atom stereocenters. The van der Waals surface area contributed by atoms with Crippen LogP contribution in [-0.2, 0) is 14.3 Å². The molecule has 0 radical (unpaired) electrons. The molecule has 1 aromatic rings. The second kappa shape index (κ2) is 7.97. The van der Waals surface area contributed by atoms with E-state index in [0.717, 1.165) is 30.1 Å². The van der Waals surface area contributed by atoms with E-state index in [9.17, 15) is 9.59 Å². The summed E-state index contributed by atoms with van der Waals surface area (Å²) in [6, 6.07) is 7.34. The zero-order valence-corrected chi connectivity index (χ0v) is 14.8. The molecule has 1 fully saturated rings. The number of hydrogen-bond acceptors (Lipinski definition) is 5. The minimum atomic E-state index is -0.506. The summed E-state index contributed by atoms with van der Waals surface area (Å²) in [5.41, 5.74) is 0.00571. The summed E-state index contributed by atoms with van der Waals surface area (Å²) in [4.78, 5) is 25.0. The van der Waals surface area contributed by atoms with Crippen molar-refractivity contribution in [1.29, 1.82) is 0 Å². The Morgan fingerprint density at radius 2 is 2.04 bits per heavy atom. The maximum Gasteiger partial charge on any atom is 0.339 e. The fourth-order valence-electron chi connectivity index (χ4n) is 2.15. The monoisotopic (exact) mass is 336 g/mol. The van der Waals surface area contributed by atoms with Gasteiger partial charge in [-0.3, -0.25) is 4.79 Å². The Hall–Kier alpha value is -1.33. The number of benzene rings is 1. The Morgan fingerprint density at radius 3 is 2.70 bits per heavy atom. The molecule has 0 spiro atoms. The molecule has 1 aliphatic rings. The normalized spacial score (nSPS) is 18.0. The van der Waals surface area contributed by atoms with Crippen molar-refractivity contribution in [3.63, 3.8) is 0 Å². The molecule has 0 amide bonds. The van der Waals surface area contributed by atoms with Crippen molar-refractivity contribution in [2.45, 2.75) is 44.6 Å². The van der Waals surface area contributed by atoms with E-state index in [2.05, 4.69) is 0 Å². The predicted octanol–water partition coefficient (Wildman–Crippen LogP) is 3.73. The van der Waals surface area contributed by atoms with Crippen molar-refractivity contribution in [2.24, 2.45) is 5.41 Å². The first-order valence-electron chi connectivity index (χ1n) is 7.92. The lowest BCUT2D eigenvalue weighted by atomic mass is 9.91. The zero-order chi connectivity index (χ0) is 16.9. The molecule has 1 aliphatic heterocycles. The van der Waals surface area contributed by atoms with Gasteiger partial charge in [0.15, 0.2) is 12.4 Å². The van der Waals surface area contributed by atoms with E-state index in [-0.39, 0.29) is 18.5 Å². The molecular formula is C18H24O4S. The Bertz CT molecular complexity index is 556. The molecule has 0 saturated carbocycles. The van der Waals surface area contributed by atoms with E-state index >= 15 is 0 Å². The Morgan fingerprint density at radius 1 is 1.30 bits per heavy atom. The second-order valence-electron chi connectivity index (χ2n) is 6.69. The lowest BCUT2D eigenvalue weighted by molar-refractivity contribution is -0.129. The molecule has 1 saturated heterocycles. The molecule has 126 valence electrons. The second-order valence-corrected chi connectivity index (χ2v) is 7.75. The smallest absolute Gasteiger partial charge is 0.339 e. The summed E-state index contributed by atoms with van der Waals surface area (Å²) < 4.78 is 10.8. The van der Waals surface area contributed by atoms with E-state index in [1.807, 2.05) is 32.9 Å². The maximum absolute atomic E-state index is 12.3. The highest BCUT2D eigenvalue weighted by Crippen LogP contribution is 2.27. The minimum absolute atomic E-state index is 0.0876. The first-order valence-corrected chi connectivity index (χ1v) is 8.90. The molecule has 5 heteroatoms. The van der Waals surface area contributed by atoms with Gasteiger partial charge in [-0.25, -0.2) is 4.79 Å². The summed E-state index contributed by atoms with van der Waals surface area (Å²) >= 11 is 1.60. The number of ketones is 1. The molecule has 1 aromatic carbocycles. The zero-order valence-electron chi connectivity index (χ0n) is 14.0. The topological polar surface area (TPSA) is 52.6 Å². The highest BCUT2D eigenvalue weighted by atomic mass is 32.2. The Labute approximate surface area is 141 Å². The standard InChI is InChI=1S/C18H24O4S/c1-18(2,3)16(19)11-22-17(20)14-8-4-5-9-15(14)23-12-13-7-6-10-21-13/h4-5,8-9,13H,6-7,10-12H2,1-3H3/t13-/m0/s1. The highest BCUT2D eigenvalue weighted by Gasteiger charge is 2.24. The third kappa shape index (κ3) is 5.36. The third-order valence-corrected chi connectivity index (χ3v) is 4.93. The largest absolute Gasteiger partial charge is 0.454 e. The minimum Gasteiger partial charge on any atom is -0.454 e. The summed E-state index contributed by atoms with van der Waals surface area (Å²) in [5, 5.41) is 0. The van der Waals surface area contributed by atoms with Crippen LogP contribution in [0.4, 0.5) is 0 Å². The molecule has 0 N–H and O–H groups in total. The molecule has 2 rings (SSSR count). The fourth-order valence-corrected chi connectivity index (χ4v) is 3.26. The van der Waals surface area contributed by atoms with Gasteiger partial charge in [0.2, 0.25) is 0 Å². The number of carbonyl (C=O) groups is 2. The van der Waals surface area contributed by atoms with Crippen molar-refractivity contribution >= 4 is 23.5 Å². The molecule has 0 unspecified atom stereocenters. The fraction of sp³-hybridized carbons (Fsp3) is 0.556. The number of thioether (sulfide) groups is 1. The molecule has 23 heavy (non-hydrogen) atoms. The quantitative estimate of drug-likeness (QED) is 0.585. The van der Waals surface area contributed by atoms with Gasteiger partial charge in [0, 0.05) is 22.7 Å². The summed E-state index contributed by atoms with van der Waals surface area (Å²) in [7, 11) is 0. The van der Waals surface area contributed by atoms with Crippen LogP contribution in [0.25, 0.3) is 0 Å². The van der Waals surface area contributed by atoms with Gasteiger partial charge in [-0.15, -0.1) is 11.8 Å². The van der Waals surface area contributed by atoms with E-state index in [1.54, 1.807) is 23.9 Å². The van der Waals surface area contributed by atoms with Gasteiger partial charge in [0.05, 0.1) is 11.7 Å². The van der Waals surface area contributed by atoms with Gasteiger partial charge in [0.25, 0.3) is 0 Å². The lowest BCUT2D eigenvalue weighted by Crippen LogP contribution is -2.26. The first-order chi connectivity index (χ1) is 10.9. The van der Waals surface area contributed by atoms with Crippen LogP contribution in [0.3, 0.4) is 0 Å². The van der Waals surface area contributed by atoms with Crippen LogP contribution in [-0.4, -0.2) is 36.8 Å². The van der Waals surface area contributed by atoms with Crippen LogP contribution in [0.5, 0.6) is 0 Å². The van der Waals surface area contributed by atoms with Crippen LogP contribution in [0, 0.1) is 5.41 Å². The third-order valence-electron chi connectivity index (χ3n) is 3.73.